The molecule has 0 aliphatic rings. The number of hydrogen-bond acceptors (Lipinski definition) is 6. The van der Waals surface area contributed by atoms with E-state index in [9.17, 15) is 13.2 Å². The van der Waals surface area contributed by atoms with Crippen LogP contribution in [-0.2, 0) is 10.0 Å². The SMILES string of the molecule is Cc1cc(C(=O)Nc2cccc(S(=O)(=O)NCCN(C)C)c2)nn1-c1cccc(C#N)c1. The molecule has 10 heteroatoms. The van der Waals surface area contributed by atoms with Crippen molar-refractivity contribution in [3.05, 3.63) is 71.5 Å². The summed E-state index contributed by atoms with van der Waals surface area (Å²) in [6.45, 7) is 2.64. The van der Waals surface area contributed by atoms with Gasteiger partial charge in [0, 0.05) is 24.5 Å². The number of carbonyl (C=O) groups is 1. The summed E-state index contributed by atoms with van der Waals surface area (Å²) in [6, 6.07) is 16.6. The first-order valence-corrected chi connectivity index (χ1v) is 11.3. The molecule has 0 saturated heterocycles. The predicted molar refractivity (Wildman–Crippen MR) is 121 cm³/mol. The van der Waals surface area contributed by atoms with Crippen LogP contribution in [0.2, 0.25) is 0 Å². The van der Waals surface area contributed by atoms with Crippen LogP contribution < -0.4 is 10.0 Å². The molecule has 1 heterocycles. The topological polar surface area (TPSA) is 120 Å². The highest BCUT2D eigenvalue weighted by molar-refractivity contribution is 7.89. The Kier molecular flexibility index (Phi) is 7.05. The predicted octanol–water partition coefficient (Wildman–Crippen LogP) is 2.14. The number of nitriles is 1. The second kappa shape index (κ2) is 9.74. The van der Waals surface area contributed by atoms with Gasteiger partial charge >= 0.3 is 0 Å². The lowest BCUT2D eigenvalue weighted by atomic mass is 10.2. The fourth-order valence-corrected chi connectivity index (χ4v) is 4.04. The van der Waals surface area contributed by atoms with Gasteiger partial charge in [-0.25, -0.2) is 17.8 Å². The lowest BCUT2D eigenvalue weighted by Gasteiger charge is -2.12. The molecule has 2 N–H and O–H groups in total. The molecule has 0 spiro atoms. The van der Waals surface area contributed by atoms with Crippen molar-refractivity contribution in [3.8, 4) is 11.8 Å². The van der Waals surface area contributed by atoms with E-state index in [1.54, 1.807) is 54.1 Å². The highest BCUT2D eigenvalue weighted by Crippen LogP contribution is 2.18. The van der Waals surface area contributed by atoms with Gasteiger partial charge in [0.25, 0.3) is 5.91 Å². The summed E-state index contributed by atoms with van der Waals surface area (Å²) in [7, 11) is 0.0116. The van der Waals surface area contributed by atoms with Gasteiger partial charge in [0.2, 0.25) is 10.0 Å². The molecule has 0 atom stereocenters. The Morgan fingerprint density at radius 2 is 1.91 bits per heavy atom. The lowest BCUT2D eigenvalue weighted by molar-refractivity contribution is 0.102. The Morgan fingerprint density at radius 1 is 1.16 bits per heavy atom. The molecule has 1 amide bonds. The molecule has 0 aliphatic carbocycles. The van der Waals surface area contributed by atoms with Crippen LogP contribution in [0.25, 0.3) is 5.69 Å². The normalized spacial score (nSPS) is 11.3. The third-order valence-electron chi connectivity index (χ3n) is 4.59. The number of carbonyl (C=O) groups excluding carboxylic acids is 1. The minimum absolute atomic E-state index is 0.0593. The van der Waals surface area contributed by atoms with Crippen molar-refractivity contribution < 1.29 is 13.2 Å². The number of aromatic nitrogens is 2. The first kappa shape index (κ1) is 23.1. The van der Waals surface area contributed by atoms with Gasteiger partial charge in [0.05, 0.1) is 22.2 Å². The largest absolute Gasteiger partial charge is 0.321 e. The zero-order valence-electron chi connectivity index (χ0n) is 18.0. The molecule has 3 aromatic rings. The molecule has 0 saturated carbocycles. The minimum atomic E-state index is -3.70. The van der Waals surface area contributed by atoms with Crippen LogP contribution in [0.15, 0.2) is 59.5 Å². The second-order valence-electron chi connectivity index (χ2n) is 7.43. The van der Waals surface area contributed by atoms with Crippen LogP contribution in [-0.4, -0.2) is 56.2 Å². The van der Waals surface area contributed by atoms with E-state index in [2.05, 4.69) is 21.2 Å². The van der Waals surface area contributed by atoms with E-state index >= 15 is 0 Å². The summed E-state index contributed by atoms with van der Waals surface area (Å²) >= 11 is 0. The Morgan fingerprint density at radius 3 is 2.62 bits per heavy atom. The van der Waals surface area contributed by atoms with Crippen LogP contribution in [0.3, 0.4) is 0 Å². The number of nitrogens with zero attached hydrogens (tertiary/aromatic N) is 4. The number of sulfonamides is 1. The van der Waals surface area contributed by atoms with Gasteiger partial charge in [0.1, 0.15) is 0 Å². The molecule has 9 nitrogen and oxygen atoms in total. The summed E-state index contributed by atoms with van der Waals surface area (Å²) in [5.74, 6) is -0.474. The summed E-state index contributed by atoms with van der Waals surface area (Å²) in [4.78, 5) is 14.7. The maximum atomic E-state index is 12.7. The van der Waals surface area contributed by atoms with E-state index < -0.39 is 15.9 Å². The maximum Gasteiger partial charge on any atom is 0.276 e. The molecule has 2 aromatic carbocycles. The van der Waals surface area contributed by atoms with Gasteiger partial charge in [-0.2, -0.15) is 10.4 Å². The number of anilines is 1. The Hall–Kier alpha value is -3.52. The molecule has 0 unspecified atom stereocenters. The van der Waals surface area contributed by atoms with Gasteiger partial charge in [-0.05, 0) is 63.5 Å². The number of benzene rings is 2. The van der Waals surface area contributed by atoms with Gasteiger partial charge in [-0.3, -0.25) is 4.79 Å². The molecule has 1 aromatic heterocycles. The number of aryl methyl sites for hydroxylation is 1. The van der Waals surface area contributed by atoms with Crippen molar-refractivity contribution in [2.75, 3.05) is 32.5 Å². The van der Waals surface area contributed by atoms with E-state index in [1.807, 2.05) is 19.0 Å². The molecule has 32 heavy (non-hydrogen) atoms. The number of nitrogens with one attached hydrogen (secondary N) is 2. The van der Waals surface area contributed by atoms with E-state index in [0.29, 0.717) is 29.2 Å². The molecule has 0 bridgehead atoms. The summed E-state index contributed by atoms with van der Waals surface area (Å²) in [5, 5.41) is 16.1. The van der Waals surface area contributed by atoms with Crippen molar-refractivity contribution in [2.24, 2.45) is 0 Å². The first-order valence-electron chi connectivity index (χ1n) is 9.82. The molecular formula is C22H24N6O3S. The van der Waals surface area contributed by atoms with E-state index in [1.165, 1.54) is 12.1 Å². The van der Waals surface area contributed by atoms with E-state index in [0.717, 1.165) is 0 Å². The smallest absolute Gasteiger partial charge is 0.276 e. The van der Waals surface area contributed by atoms with Crippen molar-refractivity contribution in [2.45, 2.75) is 11.8 Å². The maximum absolute atomic E-state index is 12.7. The summed E-state index contributed by atoms with van der Waals surface area (Å²) in [6.07, 6.45) is 0. The van der Waals surface area contributed by atoms with E-state index in [-0.39, 0.29) is 17.1 Å². The molecule has 0 aliphatic heterocycles. The Balaban J connectivity index is 1.77. The first-order chi connectivity index (χ1) is 15.2. The zero-order chi connectivity index (χ0) is 23.3. The molecular weight excluding hydrogens is 428 g/mol. The van der Waals surface area contributed by atoms with Crippen LogP contribution in [0.5, 0.6) is 0 Å². The second-order valence-corrected chi connectivity index (χ2v) is 9.19. The Bertz CT molecular complexity index is 1270. The fraction of sp³-hybridized carbons (Fsp3) is 0.227. The van der Waals surface area contributed by atoms with Crippen LogP contribution in [0.4, 0.5) is 5.69 Å². The molecule has 3 rings (SSSR count). The monoisotopic (exact) mass is 452 g/mol. The minimum Gasteiger partial charge on any atom is -0.321 e. The van der Waals surface area contributed by atoms with Crippen LogP contribution in [0.1, 0.15) is 21.7 Å². The molecule has 166 valence electrons. The third kappa shape index (κ3) is 5.59. The quantitative estimate of drug-likeness (QED) is 0.540. The number of likely N-dealkylation sites (N-methyl/N-ethyl adjacent to an activating group) is 1. The average molecular weight is 453 g/mol. The van der Waals surface area contributed by atoms with Gasteiger partial charge in [-0.1, -0.05) is 12.1 Å². The third-order valence-corrected chi connectivity index (χ3v) is 6.05. The van der Waals surface area contributed by atoms with Crippen molar-refractivity contribution in [3.63, 3.8) is 0 Å². The fourth-order valence-electron chi connectivity index (χ4n) is 2.98. The summed E-state index contributed by atoms with van der Waals surface area (Å²) in [5.41, 5.74) is 2.37. The molecule has 0 fully saturated rings. The van der Waals surface area contributed by atoms with Crippen LogP contribution in [0, 0.1) is 18.3 Å². The summed E-state index contributed by atoms with van der Waals surface area (Å²) < 4.78 is 29.1. The number of hydrogen-bond donors (Lipinski definition) is 2. The highest BCUT2D eigenvalue weighted by Gasteiger charge is 2.17. The number of rotatable bonds is 8. The van der Waals surface area contributed by atoms with Crippen LogP contribution >= 0.6 is 0 Å². The lowest BCUT2D eigenvalue weighted by Crippen LogP contribution is -2.31. The van der Waals surface area contributed by atoms with Crippen molar-refractivity contribution in [1.82, 2.24) is 19.4 Å². The highest BCUT2D eigenvalue weighted by atomic mass is 32.2. The van der Waals surface area contributed by atoms with Gasteiger partial charge in [0.15, 0.2) is 5.69 Å². The van der Waals surface area contributed by atoms with Gasteiger partial charge < -0.3 is 10.2 Å². The van der Waals surface area contributed by atoms with Gasteiger partial charge in [-0.15, -0.1) is 0 Å². The van der Waals surface area contributed by atoms with Crippen molar-refractivity contribution >= 4 is 21.6 Å². The molecule has 0 radical (unpaired) electrons. The number of amides is 1. The zero-order valence-corrected chi connectivity index (χ0v) is 18.8. The van der Waals surface area contributed by atoms with E-state index in [4.69, 9.17) is 5.26 Å². The average Bonchev–Trinajstić information content (AvgIpc) is 3.15. The standard InChI is InChI=1S/C22H24N6O3S/c1-16-12-21(26-28(16)19-8-4-6-17(13-19)15-23)22(29)25-18-7-5-9-20(14-18)32(30,31)24-10-11-27(2)3/h4-9,12-14,24H,10-11H2,1-3H3,(H,25,29). The Labute approximate surface area is 187 Å². The van der Waals surface area contributed by atoms with Crippen molar-refractivity contribution in [1.29, 1.82) is 5.26 Å².